The zero-order valence-corrected chi connectivity index (χ0v) is 17.5. The number of halogens is 2. The summed E-state index contributed by atoms with van der Waals surface area (Å²) in [6.45, 7) is -0.185. The number of carbonyl (C=O) groups is 2. The third-order valence-corrected chi connectivity index (χ3v) is 4.62. The standard InChI is InChI=1S/C18H17Br2N3O4/c1-27-13-4-2-11(3-5-13)8-16(24)21-10-17(25)23-22-9-12-6-14(19)18(26)15(20)7-12/h2-7,9,26H,8,10H2,1H3,(H,21,24)(H,23,25)/b22-9+. The Hall–Kier alpha value is -2.39. The van der Waals surface area contributed by atoms with E-state index in [1.165, 1.54) is 6.21 Å². The Kier molecular flexibility index (Phi) is 7.81. The molecular weight excluding hydrogens is 482 g/mol. The van der Waals surface area contributed by atoms with Crippen LogP contribution in [0.25, 0.3) is 0 Å². The maximum atomic E-state index is 11.9. The fourth-order valence-electron chi connectivity index (χ4n) is 2.05. The number of phenolic OH excluding ortho intramolecular Hbond substituents is 1. The largest absolute Gasteiger partial charge is 0.506 e. The van der Waals surface area contributed by atoms with E-state index in [9.17, 15) is 14.7 Å². The molecule has 0 aliphatic carbocycles. The Labute approximate surface area is 173 Å². The Balaban J connectivity index is 1.77. The predicted octanol–water partition coefficient (Wildman–Crippen LogP) is 2.73. The summed E-state index contributed by atoms with van der Waals surface area (Å²) in [4.78, 5) is 23.6. The molecule has 0 saturated carbocycles. The molecule has 2 rings (SSSR count). The summed E-state index contributed by atoms with van der Waals surface area (Å²) in [6.07, 6.45) is 1.59. The van der Waals surface area contributed by atoms with Gasteiger partial charge in [-0.25, -0.2) is 5.43 Å². The maximum absolute atomic E-state index is 11.9. The SMILES string of the molecule is COc1ccc(CC(=O)NCC(=O)N/N=C/c2cc(Br)c(O)c(Br)c2)cc1. The topological polar surface area (TPSA) is 100 Å². The average molecular weight is 499 g/mol. The molecule has 0 aromatic heterocycles. The second kappa shape index (κ2) is 10.1. The van der Waals surface area contributed by atoms with Crippen molar-refractivity contribution in [2.24, 2.45) is 5.10 Å². The van der Waals surface area contributed by atoms with Gasteiger partial charge in [-0.3, -0.25) is 9.59 Å². The molecule has 0 aliphatic heterocycles. The van der Waals surface area contributed by atoms with Crippen LogP contribution in [-0.2, 0) is 16.0 Å². The fourth-order valence-corrected chi connectivity index (χ4v) is 3.27. The van der Waals surface area contributed by atoms with Crippen LogP contribution in [0.4, 0.5) is 0 Å². The number of hydrogen-bond donors (Lipinski definition) is 3. The minimum Gasteiger partial charge on any atom is -0.506 e. The summed E-state index contributed by atoms with van der Waals surface area (Å²) in [7, 11) is 1.57. The molecule has 0 aliphatic rings. The molecule has 0 fully saturated rings. The van der Waals surface area contributed by atoms with Gasteiger partial charge in [-0.05, 0) is 67.3 Å². The van der Waals surface area contributed by atoms with E-state index in [4.69, 9.17) is 4.74 Å². The van der Waals surface area contributed by atoms with Gasteiger partial charge in [0.25, 0.3) is 5.91 Å². The Bertz CT molecular complexity index is 831. The number of phenols is 1. The molecule has 2 aromatic rings. The van der Waals surface area contributed by atoms with Crippen molar-refractivity contribution in [1.82, 2.24) is 10.7 Å². The molecule has 0 spiro atoms. The zero-order chi connectivity index (χ0) is 19.8. The van der Waals surface area contributed by atoms with Crippen LogP contribution in [-0.4, -0.2) is 36.8 Å². The maximum Gasteiger partial charge on any atom is 0.259 e. The van der Waals surface area contributed by atoms with Gasteiger partial charge < -0.3 is 15.2 Å². The van der Waals surface area contributed by atoms with Crippen LogP contribution in [0.2, 0.25) is 0 Å². The van der Waals surface area contributed by atoms with E-state index in [0.717, 1.165) is 5.56 Å². The second-order valence-electron chi connectivity index (χ2n) is 5.43. The van der Waals surface area contributed by atoms with E-state index in [0.29, 0.717) is 20.3 Å². The molecule has 142 valence electrons. The van der Waals surface area contributed by atoms with E-state index in [2.05, 4.69) is 47.7 Å². The molecule has 0 atom stereocenters. The van der Waals surface area contributed by atoms with Crippen molar-refractivity contribution in [3.05, 3.63) is 56.5 Å². The molecule has 0 saturated heterocycles. The van der Waals surface area contributed by atoms with Gasteiger partial charge in [0.15, 0.2) is 0 Å². The second-order valence-corrected chi connectivity index (χ2v) is 7.14. The lowest BCUT2D eigenvalue weighted by molar-refractivity contribution is -0.125. The number of hydrogen-bond acceptors (Lipinski definition) is 5. The molecule has 0 radical (unpaired) electrons. The van der Waals surface area contributed by atoms with E-state index in [1.54, 1.807) is 43.5 Å². The minimum absolute atomic E-state index is 0.0794. The van der Waals surface area contributed by atoms with Gasteiger partial charge in [-0.1, -0.05) is 12.1 Å². The highest BCUT2D eigenvalue weighted by atomic mass is 79.9. The smallest absolute Gasteiger partial charge is 0.259 e. The van der Waals surface area contributed by atoms with Gasteiger partial charge >= 0.3 is 0 Å². The van der Waals surface area contributed by atoms with Crippen LogP contribution in [0.15, 0.2) is 50.4 Å². The van der Waals surface area contributed by atoms with E-state index >= 15 is 0 Å². The summed E-state index contributed by atoms with van der Waals surface area (Å²) in [5.74, 6) is 0.0665. The minimum atomic E-state index is -0.453. The van der Waals surface area contributed by atoms with Crippen LogP contribution < -0.4 is 15.5 Å². The molecular formula is C18H17Br2N3O4. The lowest BCUT2D eigenvalue weighted by Crippen LogP contribution is -2.35. The van der Waals surface area contributed by atoms with Crippen LogP contribution >= 0.6 is 31.9 Å². The first-order valence-corrected chi connectivity index (χ1v) is 9.37. The molecule has 9 heteroatoms. The van der Waals surface area contributed by atoms with Crippen LogP contribution in [0.1, 0.15) is 11.1 Å². The van der Waals surface area contributed by atoms with Gasteiger partial charge in [-0.15, -0.1) is 0 Å². The molecule has 27 heavy (non-hydrogen) atoms. The van der Waals surface area contributed by atoms with Crippen molar-refractivity contribution >= 4 is 49.9 Å². The van der Waals surface area contributed by atoms with Crippen molar-refractivity contribution < 1.29 is 19.4 Å². The molecule has 3 N–H and O–H groups in total. The first kappa shape index (κ1) is 20.9. The van der Waals surface area contributed by atoms with E-state index in [1.807, 2.05) is 0 Å². The van der Waals surface area contributed by atoms with Crippen molar-refractivity contribution in [3.8, 4) is 11.5 Å². The van der Waals surface area contributed by atoms with Gasteiger partial charge in [0.2, 0.25) is 5.91 Å². The quantitative estimate of drug-likeness (QED) is 0.403. The lowest BCUT2D eigenvalue weighted by atomic mass is 10.1. The molecule has 0 bridgehead atoms. The number of ether oxygens (including phenoxy) is 1. The molecule has 0 heterocycles. The first-order chi connectivity index (χ1) is 12.9. The Morgan fingerprint density at radius 1 is 1.15 bits per heavy atom. The number of carbonyl (C=O) groups excluding carboxylic acids is 2. The third kappa shape index (κ3) is 6.69. The number of benzene rings is 2. The number of amides is 2. The highest BCUT2D eigenvalue weighted by molar-refractivity contribution is 9.11. The van der Waals surface area contributed by atoms with E-state index < -0.39 is 5.91 Å². The van der Waals surface area contributed by atoms with Crippen molar-refractivity contribution in [2.75, 3.05) is 13.7 Å². The number of methoxy groups -OCH3 is 1. The monoisotopic (exact) mass is 497 g/mol. The van der Waals surface area contributed by atoms with Crippen molar-refractivity contribution in [2.45, 2.75) is 6.42 Å². The predicted molar refractivity (Wildman–Crippen MR) is 109 cm³/mol. The Morgan fingerprint density at radius 2 is 1.78 bits per heavy atom. The summed E-state index contributed by atoms with van der Waals surface area (Å²) in [5, 5.41) is 16.0. The van der Waals surface area contributed by atoms with Crippen LogP contribution in [0.5, 0.6) is 11.5 Å². The summed E-state index contributed by atoms with van der Waals surface area (Å²) in [5.41, 5.74) is 3.80. The van der Waals surface area contributed by atoms with Crippen LogP contribution in [0.3, 0.4) is 0 Å². The lowest BCUT2D eigenvalue weighted by Gasteiger charge is -2.05. The van der Waals surface area contributed by atoms with Gasteiger partial charge in [0.1, 0.15) is 11.5 Å². The van der Waals surface area contributed by atoms with Crippen molar-refractivity contribution in [1.29, 1.82) is 0 Å². The zero-order valence-electron chi connectivity index (χ0n) is 14.3. The normalized spacial score (nSPS) is 10.6. The number of hydrazone groups is 1. The highest BCUT2D eigenvalue weighted by Gasteiger charge is 2.07. The molecule has 0 unspecified atom stereocenters. The van der Waals surface area contributed by atoms with Crippen LogP contribution in [0, 0.1) is 0 Å². The van der Waals surface area contributed by atoms with E-state index in [-0.39, 0.29) is 24.6 Å². The molecule has 2 amide bonds. The number of rotatable bonds is 7. The molecule has 7 nitrogen and oxygen atoms in total. The first-order valence-electron chi connectivity index (χ1n) is 7.78. The summed E-state index contributed by atoms with van der Waals surface area (Å²) >= 11 is 6.42. The summed E-state index contributed by atoms with van der Waals surface area (Å²) < 4.78 is 6.05. The van der Waals surface area contributed by atoms with Gasteiger partial charge in [-0.2, -0.15) is 5.10 Å². The van der Waals surface area contributed by atoms with Crippen molar-refractivity contribution in [3.63, 3.8) is 0 Å². The molecule has 2 aromatic carbocycles. The number of nitrogens with zero attached hydrogens (tertiary/aromatic N) is 1. The highest BCUT2D eigenvalue weighted by Crippen LogP contribution is 2.32. The number of aromatic hydroxyl groups is 1. The van der Waals surface area contributed by atoms with Gasteiger partial charge in [0, 0.05) is 0 Å². The Morgan fingerprint density at radius 3 is 2.37 bits per heavy atom. The third-order valence-electron chi connectivity index (χ3n) is 3.41. The fraction of sp³-hybridized carbons (Fsp3) is 0.167. The van der Waals surface area contributed by atoms with Gasteiger partial charge in [0.05, 0.1) is 35.2 Å². The average Bonchev–Trinajstić information content (AvgIpc) is 2.65. The summed E-state index contributed by atoms with van der Waals surface area (Å²) in [6, 6.07) is 10.4. The number of nitrogens with one attached hydrogen (secondary N) is 2.